The second-order valence-corrected chi connectivity index (χ2v) is 6.84. The van der Waals surface area contributed by atoms with Gasteiger partial charge < -0.3 is 10.4 Å². The van der Waals surface area contributed by atoms with Crippen molar-refractivity contribution in [3.05, 3.63) is 28.7 Å². The molecule has 2 N–H and O–H groups in total. The first kappa shape index (κ1) is 18.1. The van der Waals surface area contributed by atoms with Gasteiger partial charge in [0.25, 0.3) is 0 Å². The summed E-state index contributed by atoms with van der Waals surface area (Å²) in [5.74, 6) is -2.83. The highest BCUT2D eigenvalue weighted by atomic mass is 35.5. The average molecular weight is 393 g/mol. The molecule has 25 heavy (non-hydrogen) atoms. The van der Waals surface area contributed by atoms with Crippen LogP contribution in [0.4, 0.5) is 13.6 Å². The van der Waals surface area contributed by atoms with E-state index in [2.05, 4.69) is 15.4 Å². The SMILES string of the molecule is O=C(O)NC(c1cn2nc(CCl)c(Cl)cc2n1)C1CCC(F)(F)CC1. The third-order valence-electron chi connectivity index (χ3n) is 4.45. The molecule has 0 saturated heterocycles. The molecular formula is C15H16Cl2F2N4O2. The zero-order chi connectivity index (χ0) is 18.2. The van der Waals surface area contributed by atoms with Gasteiger partial charge in [0.15, 0.2) is 5.65 Å². The van der Waals surface area contributed by atoms with Crippen LogP contribution in [0.15, 0.2) is 12.3 Å². The lowest BCUT2D eigenvalue weighted by atomic mass is 9.81. The van der Waals surface area contributed by atoms with E-state index >= 15 is 0 Å². The molecule has 0 bridgehead atoms. The lowest BCUT2D eigenvalue weighted by molar-refractivity contribution is -0.0495. The second-order valence-electron chi connectivity index (χ2n) is 6.16. The van der Waals surface area contributed by atoms with E-state index in [0.29, 0.717) is 22.1 Å². The smallest absolute Gasteiger partial charge is 0.405 e. The first-order valence-electron chi connectivity index (χ1n) is 7.77. The van der Waals surface area contributed by atoms with E-state index in [9.17, 15) is 13.6 Å². The quantitative estimate of drug-likeness (QED) is 0.761. The molecule has 1 atom stereocenters. The van der Waals surface area contributed by atoms with E-state index in [1.165, 1.54) is 4.52 Å². The van der Waals surface area contributed by atoms with Crippen LogP contribution in [0.5, 0.6) is 0 Å². The van der Waals surface area contributed by atoms with Crippen molar-refractivity contribution in [2.24, 2.45) is 5.92 Å². The van der Waals surface area contributed by atoms with Crippen LogP contribution < -0.4 is 5.32 Å². The summed E-state index contributed by atoms with van der Waals surface area (Å²) in [7, 11) is 0. The Morgan fingerprint density at radius 1 is 1.48 bits per heavy atom. The third-order valence-corrected chi connectivity index (χ3v) is 5.03. The maximum Gasteiger partial charge on any atom is 0.405 e. The molecular weight excluding hydrogens is 377 g/mol. The number of hydrogen-bond donors (Lipinski definition) is 2. The molecule has 2 aromatic heterocycles. The van der Waals surface area contributed by atoms with Gasteiger partial charge in [-0.15, -0.1) is 11.6 Å². The van der Waals surface area contributed by atoms with Gasteiger partial charge in [0, 0.05) is 18.9 Å². The van der Waals surface area contributed by atoms with Crippen LogP contribution in [0.3, 0.4) is 0 Å². The summed E-state index contributed by atoms with van der Waals surface area (Å²) in [6.45, 7) is 0. The summed E-state index contributed by atoms with van der Waals surface area (Å²) in [6, 6.07) is 0.899. The van der Waals surface area contributed by atoms with Crippen LogP contribution >= 0.6 is 23.2 Å². The molecule has 1 fully saturated rings. The number of nitrogens with zero attached hydrogens (tertiary/aromatic N) is 3. The molecule has 1 amide bonds. The topological polar surface area (TPSA) is 79.5 Å². The van der Waals surface area contributed by atoms with Gasteiger partial charge in [-0.2, -0.15) is 5.10 Å². The van der Waals surface area contributed by atoms with E-state index in [1.807, 2.05) is 0 Å². The summed E-state index contributed by atoms with van der Waals surface area (Å²) >= 11 is 11.8. The molecule has 6 nitrogen and oxygen atoms in total. The Morgan fingerprint density at radius 2 is 2.16 bits per heavy atom. The number of nitrogens with one attached hydrogen (secondary N) is 1. The lowest BCUT2D eigenvalue weighted by Crippen LogP contribution is -2.36. The van der Waals surface area contributed by atoms with Gasteiger partial charge in [0.1, 0.15) is 0 Å². The number of aromatic nitrogens is 3. The molecule has 0 spiro atoms. The van der Waals surface area contributed by atoms with Gasteiger partial charge in [-0.25, -0.2) is 23.1 Å². The number of rotatable bonds is 4. The predicted molar refractivity (Wildman–Crippen MR) is 88.4 cm³/mol. The minimum Gasteiger partial charge on any atom is -0.465 e. The number of carboxylic acid groups (broad SMARTS) is 1. The minimum absolute atomic E-state index is 0.122. The van der Waals surface area contributed by atoms with Crippen molar-refractivity contribution in [2.45, 2.75) is 43.5 Å². The zero-order valence-electron chi connectivity index (χ0n) is 13.1. The Hall–Kier alpha value is -1.67. The van der Waals surface area contributed by atoms with Crippen LogP contribution in [0, 0.1) is 5.92 Å². The molecule has 1 saturated carbocycles. The monoisotopic (exact) mass is 392 g/mol. The molecule has 0 radical (unpaired) electrons. The van der Waals surface area contributed by atoms with Crippen molar-refractivity contribution in [1.82, 2.24) is 19.9 Å². The fourth-order valence-electron chi connectivity index (χ4n) is 3.16. The van der Waals surface area contributed by atoms with E-state index in [-0.39, 0.29) is 37.5 Å². The lowest BCUT2D eigenvalue weighted by Gasteiger charge is -2.32. The predicted octanol–water partition coefficient (Wildman–Crippen LogP) is 4.26. The highest BCUT2D eigenvalue weighted by Gasteiger charge is 2.39. The Kier molecular flexibility index (Phi) is 5.02. The van der Waals surface area contributed by atoms with Gasteiger partial charge in [-0.1, -0.05) is 11.6 Å². The van der Waals surface area contributed by atoms with Gasteiger partial charge in [0.2, 0.25) is 5.92 Å². The summed E-state index contributed by atoms with van der Waals surface area (Å²) in [5.41, 5.74) is 1.33. The van der Waals surface area contributed by atoms with Crippen LogP contribution in [-0.4, -0.2) is 31.7 Å². The van der Waals surface area contributed by atoms with Gasteiger partial charge in [0.05, 0.1) is 34.5 Å². The first-order valence-corrected chi connectivity index (χ1v) is 8.68. The van der Waals surface area contributed by atoms with Gasteiger partial charge >= 0.3 is 6.09 Å². The standard InChI is InChI=1S/C15H16Cl2F2N4O2/c16-6-10-9(17)5-12-20-11(7-23(12)22-10)13(21-14(24)25)8-1-3-15(18,19)4-2-8/h5,7-8,13,21H,1-4,6H2,(H,24,25). The maximum absolute atomic E-state index is 13.4. The molecule has 0 aromatic carbocycles. The molecule has 136 valence electrons. The second kappa shape index (κ2) is 6.92. The Morgan fingerprint density at radius 3 is 2.76 bits per heavy atom. The van der Waals surface area contributed by atoms with Gasteiger partial charge in [-0.3, -0.25) is 0 Å². The van der Waals surface area contributed by atoms with Crippen molar-refractivity contribution >= 4 is 34.9 Å². The maximum atomic E-state index is 13.4. The number of amides is 1. The molecule has 1 aliphatic rings. The molecule has 1 unspecified atom stereocenters. The number of imidazole rings is 1. The Labute approximate surface area is 152 Å². The molecule has 0 aliphatic heterocycles. The zero-order valence-corrected chi connectivity index (χ0v) is 14.6. The molecule has 2 heterocycles. The summed E-state index contributed by atoms with van der Waals surface area (Å²) in [4.78, 5) is 15.5. The summed E-state index contributed by atoms with van der Waals surface area (Å²) in [6.07, 6.45) is 0.258. The fourth-order valence-corrected chi connectivity index (χ4v) is 3.63. The first-order chi connectivity index (χ1) is 11.8. The number of fused-ring (bicyclic) bond motifs is 1. The van der Waals surface area contributed by atoms with Gasteiger partial charge in [-0.05, 0) is 18.8 Å². The van der Waals surface area contributed by atoms with E-state index in [0.717, 1.165) is 0 Å². The van der Waals surface area contributed by atoms with Crippen molar-refractivity contribution in [3.8, 4) is 0 Å². The minimum atomic E-state index is -2.69. The normalized spacial score (nSPS) is 19.0. The Balaban J connectivity index is 1.93. The average Bonchev–Trinajstić information content (AvgIpc) is 2.94. The van der Waals surface area contributed by atoms with Crippen LogP contribution in [-0.2, 0) is 5.88 Å². The largest absolute Gasteiger partial charge is 0.465 e. The summed E-state index contributed by atoms with van der Waals surface area (Å²) in [5, 5.41) is 16.1. The number of halogens is 4. The molecule has 2 aromatic rings. The molecule has 3 rings (SSSR count). The fraction of sp³-hybridized carbons (Fsp3) is 0.533. The molecule has 10 heteroatoms. The van der Waals surface area contributed by atoms with Crippen LogP contribution in [0.25, 0.3) is 5.65 Å². The van der Waals surface area contributed by atoms with Crippen molar-refractivity contribution in [3.63, 3.8) is 0 Å². The highest BCUT2D eigenvalue weighted by Crippen LogP contribution is 2.41. The summed E-state index contributed by atoms with van der Waals surface area (Å²) < 4.78 is 28.3. The van der Waals surface area contributed by atoms with Crippen LogP contribution in [0.1, 0.15) is 43.1 Å². The van der Waals surface area contributed by atoms with Crippen molar-refractivity contribution < 1.29 is 18.7 Å². The highest BCUT2D eigenvalue weighted by molar-refractivity contribution is 6.32. The van der Waals surface area contributed by atoms with E-state index in [1.54, 1.807) is 12.3 Å². The van der Waals surface area contributed by atoms with E-state index < -0.39 is 18.1 Å². The van der Waals surface area contributed by atoms with Crippen LogP contribution in [0.2, 0.25) is 5.02 Å². The number of hydrogen-bond acceptors (Lipinski definition) is 3. The van der Waals surface area contributed by atoms with Crippen molar-refractivity contribution in [1.29, 1.82) is 0 Å². The van der Waals surface area contributed by atoms with E-state index in [4.69, 9.17) is 28.3 Å². The Bertz CT molecular complexity index is 789. The third kappa shape index (κ3) is 3.95. The molecule has 1 aliphatic carbocycles. The number of alkyl halides is 3. The van der Waals surface area contributed by atoms with Crippen molar-refractivity contribution in [2.75, 3.05) is 0 Å². The number of carbonyl (C=O) groups is 1.